The molecule has 3 aromatic rings. The van der Waals surface area contributed by atoms with Crippen LogP contribution in [0, 0.1) is 0 Å². The van der Waals surface area contributed by atoms with Crippen LogP contribution in [0.1, 0.15) is 48.8 Å². The smallest absolute Gasteiger partial charge is 0.469 e. The second-order valence-corrected chi connectivity index (χ2v) is 11.4. The van der Waals surface area contributed by atoms with E-state index in [1.54, 1.807) is 24.1 Å². The third-order valence-electron chi connectivity index (χ3n) is 6.58. The summed E-state index contributed by atoms with van der Waals surface area (Å²) >= 11 is 6.43. The number of ether oxygens (including phenoxy) is 2. The minimum Gasteiger partial charge on any atom is -0.497 e. The molecule has 0 aliphatic heterocycles. The number of carbonyl (C=O) groups is 1. The van der Waals surface area contributed by atoms with E-state index in [-0.39, 0.29) is 19.1 Å². The number of benzene rings is 3. The summed E-state index contributed by atoms with van der Waals surface area (Å²) < 4.78 is 26.8. The summed E-state index contributed by atoms with van der Waals surface area (Å²) in [6.45, 7) is 0.732. The zero-order valence-electron chi connectivity index (χ0n) is 23.4. The predicted octanol–water partition coefficient (Wildman–Crippen LogP) is 6.60. The number of carbonyl (C=O) groups excluding carboxylic acids is 1. The number of hydrogen-bond donors (Lipinski definition) is 2. The fourth-order valence-corrected chi connectivity index (χ4v) is 4.89. The minimum atomic E-state index is -4.62. The van der Waals surface area contributed by atoms with Gasteiger partial charge in [0.25, 0.3) is 0 Å². The van der Waals surface area contributed by atoms with Crippen LogP contribution in [0.3, 0.4) is 0 Å². The number of phosphoric acid groups is 1. The SMILES string of the molecule is COc1ccc(CN(CCOP(=O)(O)O)C(=O)CCCCc2cc(OCCCCc3ccccc3)ccc2Cl)cc1. The molecule has 0 heterocycles. The third kappa shape index (κ3) is 12.7. The predicted molar refractivity (Wildman–Crippen MR) is 160 cm³/mol. The Balaban J connectivity index is 1.45. The van der Waals surface area contributed by atoms with Crippen LogP contribution < -0.4 is 9.47 Å². The Morgan fingerprint density at radius 3 is 2.27 bits per heavy atom. The molecule has 0 bridgehead atoms. The van der Waals surface area contributed by atoms with E-state index in [0.717, 1.165) is 42.6 Å². The zero-order chi connectivity index (χ0) is 29.5. The molecule has 41 heavy (non-hydrogen) atoms. The van der Waals surface area contributed by atoms with Crippen molar-refractivity contribution in [2.45, 2.75) is 51.5 Å². The molecule has 10 heteroatoms. The standard InChI is InChI=1S/C31H39ClNO7P/c1-38-28-16-14-26(15-17-28)24-33(20-22-40-41(35,36)37)31(34)13-6-5-12-27-23-29(18-19-30(27)32)39-21-8-7-11-25-9-3-2-4-10-25/h2-4,9-10,14-19,23H,5-8,11-13,20-22,24H2,1H3,(H2,35,36,37). The molecular formula is C31H39ClNO7P. The molecule has 0 unspecified atom stereocenters. The average Bonchev–Trinajstić information content (AvgIpc) is 2.96. The average molecular weight is 604 g/mol. The maximum atomic E-state index is 13.0. The Labute approximate surface area is 247 Å². The van der Waals surface area contributed by atoms with E-state index in [1.165, 1.54) is 5.56 Å². The van der Waals surface area contributed by atoms with Crippen molar-refractivity contribution in [1.82, 2.24) is 4.90 Å². The molecule has 0 aliphatic carbocycles. The van der Waals surface area contributed by atoms with Crippen molar-refractivity contribution in [2.24, 2.45) is 0 Å². The fraction of sp³-hybridized carbons (Fsp3) is 0.387. The lowest BCUT2D eigenvalue weighted by molar-refractivity contribution is -0.132. The topological polar surface area (TPSA) is 106 Å². The van der Waals surface area contributed by atoms with Crippen LogP contribution >= 0.6 is 19.4 Å². The molecule has 0 aromatic heterocycles. The summed E-state index contributed by atoms with van der Waals surface area (Å²) in [5.74, 6) is 1.37. The molecular weight excluding hydrogens is 565 g/mol. The first-order valence-corrected chi connectivity index (χ1v) is 15.7. The summed E-state index contributed by atoms with van der Waals surface area (Å²) in [7, 11) is -3.04. The van der Waals surface area contributed by atoms with Gasteiger partial charge in [0.15, 0.2) is 0 Å². The number of hydrogen-bond acceptors (Lipinski definition) is 5. The van der Waals surface area contributed by atoms with E-state index < -0.39 is 7.82 Å². The van der Waals surface area contributed by atoms with Gasteiger partial charge in [-0.3, -0.25) is 9.32 Å². The molecule has 0 radical (unpaired) electrons. The van der Waals surface area contributed by atoms with Crippen molar-refractivity contribution in [3.63, 3.8) is 0 Å². The van der Waals surface area contributed by atoms with E-state index >= 15 is 0 Å². The number of amides is 1. The molecule has 8 nitrogen and oxygen atoms in total. The van der Waals surface area contributed by atoms with Crippen LogP contribution in [-0.2, 0) is 33.3 Å². The highest BCUT2D eigenvalue weighted by molar-refractivity contribution is 7.46. The van der Waals surface area contributed by atoms with Crippen LogP contribution in [0.15, 0.2) is 72.8 Å². The quantitative estimate of drug-likeness (QED) is 0.125. The van der Waals surface area contributed by atoms with E-state index in [4.69, 9.17) is 30.9 Å². The van der Waals surface area contributed by atoms with E-state index in [9.17, 15) is 9.36 Å². The summed E-state index contributed by atoms with van der Waals surface area (Å²) in [5, 5.41) is 0.670. The molecule has 2 N–H and O–H groups in total. The molecule has 0 atom stereocenters. The van der Waals surface area contributed by atoms with Crippen molar-refractivity contribution in [3.05, 3.63) is 94.5 Å². The van der Waals surface area contributed by atoms with Crippen LogP contribution in [0.25, 0.3) is 0 Å². The Kier molecular flexibility index (Phi) is 13.7. The van der Waals surface area contributed by atoms with E-state index in [0.29, 0.717) is 43.2 Å². The summed E-state index contributed by atoms with van der Waals surface area (Å²) in [4.78, 5) is 32.6. The Hall–Kier alpha value is -2.87. The lowest BCUT2D eigenvalue weighted by Gasteiger charge is -2.23. The monoisotopic (exact) mass is 603 g/mol. The molecule has 0 fully saturated rings. The van der Waals surface area contributed by atoms with Gasteiger partial charge in [0, 0.05) is 24.5 Å². The van der Waals surface area contributed by atoms with Crippen molar-refractivity contribution in [3.8, 4) is 11.5 Å². The van der Waals surface area contributed by atoms with Gasteiger partial charge in [0.1, 0.15) is 11.5 Å². The number of unbranched alkanes of at least 4 members (excludes halogenated alkanes) is 2. The first-order chi connectivity index (χ1) is 19.7. The van der Waals surface area contributed by atoms with Gasteiger partial charge in [-0.15, -0.1) is 0 Å². The minimum absolute atomic E-state index is 0.0620. The van der Waals surface area contributed by atoms with Gasteiger partial charge >= 0.3 is 7.82 Å². The highest BCUT2D eigenvalue weighted by Gasteiger charge is 2.18. The molecule has 3 aromatic carbocycles. The van der Waals surface area contributed by atoms with Crippen LogP contribution in [0.4, 0.5) is 0 Å². The van der Waals surface area contributed by atoms with Gasteiger partial charge in [-0.05, 0) is 85.5 Å². The largest absolute Gasteiger partial charge is 0.497 e. The number of phosphoric ester groups is 1. The normalized spacial score (nSPS) is 11.3. The molecule has 0 saturated heterocycles. The van der Waals surface area contributed by atoms with Gasteiger partial charge < -0.3 is 24.2 Å². The van der Waals surface area contributed by atoms with Gasteiger partial charge in [-0.25, -0.2) is 4.57 Å². The Morgan fingerprint density at radius 1 is 0.854 bits per heavy atom. The highest BCUT2D eigenvalue weighted by atomic mass is 35.5. The van der Waals surface area contributed by atoms with Gasteiger partial charge in [0.05, 0.1) is 20.3 Å². The number of rotatable bonds is 18. The molecule has 1 amide bonds. The number of methoxy groups -OCH3 is 1. The Bertz CT molecular complexity index is 1250. The van der Waals surface area contributed by atoms with Crippen molar-refractivity contribution in [2.75, 3.05) is 26.9 Å². The maximum absolute atomic E-state index is 13.0. The first-order valence-electron chi connectivity index (χ1n) is 13.8. The third-order valence-corrected chi connectivity index (χ3v) is 7.47. The van der Waals surface area contributed by atoms with Crippen LogP contribution in [0.2, 0.25) is 5.02 Å². The van der Waals surface area contributed by atoms with Crippen molar-refractivity contribution >= 4 is 25.3 Å². The second-order valence-electron chi connectivity index (χ2n) is 9.74. The van der Waals surface area contributed by atoms with Crippen molar-refractivity contribution in [1.29, 1.82) is 0 Å². The summed E-state index contributed by atoms with van der Waals surface area (Å²) in [6, 6.07) is 23.4. The lowest BCUT2D eigenvalue weighted by atomic mass is 10.1. The molecule has 0 aliphatic rings. The second kappa shape index (κ2) is 17.2. The van der Waals surface area contributed by atoms with Crippen LogP contribution in [-0.4, -0.2) is 47.5 Å². The highest BCUT2D eigenvalue weighted by Crippen LogP contribution is 2.35. The van der Waals surface area contributed by atoms with Gasteiger partial charge in [-0.2, -0.15) is 0 Å². The molecule has 0 spiro atoms. The van der Waals surface area contributed by atoms with Crippen LogP contribution in [0.5, 0.6) is 11.5 Å². The molecule has 222 valence electrons. The first kappa shape index (κ1) is 32.6. The number of aryl methyl sites for hydroxylation is 2. The Morgan fingerprint density at radius 2 is 1.56 bits per heavy atom. The summed E-state index contributed by atoms with van der Waals surface area (Å²) in [6.07, 6.45) is 5.43. The molecule has 0 saturated carbocycles. The van der Waals surface area contributed by atoms with Gasteiger partial charge in [0.2, 0.25) is 5.91 Å². The molecule has 3 rings (SSSR count). The van der Waals surface area contributed by atoms with E-state index in [2.05, 4.69) is 28.8 Å². The number of halogens is 1. The van der Waals surface area contributed by atoms with Crippen molar-refractivity contribution < 1.29 is 33.1 Å². The number of nitrogens with zero attached hydrogens (tertiary/aromatic N) is 1. The zero-order valence-corrected chi connectivity index (χ0v) is 25.1. The van der Waals surface area contributed by atoms with E-state index in [1.807, 2.05) is 36.4 Å². The lowest BCUT2D eigenvalue weighted by Crippen LogP contribution is -2.33. The maximum Gasteiger partial charge on any atom is 0.469 e. The summed E-state index contributed by atoms with van der Waals surface area (Å²) in [5.41, 5.74) is 3.18. The van der Waals surface area contributed by atoms with Gasteiger partial charge in [-0.1, -0.05) is 54.1 Å². The fourth-order valence-electron chi connectivity index (χ4n) is 4.36.